The molecule has 2 aliphatic carbocycles. The van der Waals surface area contributed by atoms with Gasteiger partial charge in [0.25, 0.3) is 5.91 Å². The van der Waals surface area contributed by atoms with Crippen LogP contribution in [0.2, 0.25) is 0 Å². The Bertz CT molecular complexity index is 1370. The van der Waals surface area contributed by atoms with E-state index >= 15 is 0 Å². The molecule has 1 amide bonds. The van der Waals surface area contributed by atoms with Crippen molar-refractivity contribution in [3.05, 3.63) is 66.0 Å². The van der Waals surface area contributed by atoms with Crippen LogP contribution in [0.15, 0.2) is 54.9 Å². The van der Waals surface area contributed by atoms with Gasteiger partial charge >= 0.3 is 24.3 Å². The van der Waals surface area contributed by atoms with Gasteiger partial charge < -0.3 is 20.8 Å². The summed E-state index contributed by atoms with van der Waals surface area (Å²) < 4.78 is 63.5. The van der Waals surface area contributed by atoms with Gasteiger partial charge in [0, 0.05) is 35.6 Å². The summed E-state index contributed by atoms with van der Waals surface area (Å²) in [5.41, 5.74) is 4.26. The molecule has 0 radical (unpaired) electrons. The van der Waals surface area contributed by atoms with Crippen LogP contribution in [-0.2, 0) is 9.59 Å². The number of amides is 1. The van der Waals surface area contributed by atoms with Gasteiger partial charge in [0.1, 0.15) is 0 Å². The van der Waals surface area contributed by atoms with Crippen LogP contribution < -0.4 is 10.6 Å². The Labute approximate surface area is 228 Å². The zero-order valence-corrected chi connectivity index (χ0v) is 21.0. The summed E-state index contributed by atoms with van der Waals surface area (Å²) in [5, 5.41) is 20.9. The number of aromatic nitrogens is 2. The molecule has 2 aliphatic rings. The number of benzene rings is 2. The normalized spacial score (nSPS) is 17.8. The Morgan fingerprint density at radius 3 is 2.00 bits per heavy atom. The second-order valence-corrected chi connectivity index (χ2v) is 9.25. The molecule has 0 aliphatic heterocycles. The van der Waals surface area contributed by atoms with Gasteiger partial charge in [0.05, 0.1) is 11.0 Å². The minimum atomic E-state index is -5.08. The Balaban J connectivity index is 0.000000276. The van der Waals surface area contributed by atoms with Crippen molar-refractivity contribution in [2.45, 2.75) is 43.6 Å². The van der Waals surface area contributed by atoms with E-state index in [1.807, 2.05) is 36.4 Å². The first-order valence-electron chi connectivity index (χ1n) is 12.1. The van der Waals surface area contributed by atoms with E-state index in [0.29, 0.717) is 17.5 Å². The van der Waals surface area contributed by atoms with E-state index in [-0.39, 0.29) is 5.91 Å². The zero-order valence-electron chi connectivity index (χ0n) is 21.0. The van der Waals surface area contributed by atoms with Crippen molar-refractivity contribution in [1.29, 1.82) is 0 Å². The summed E-state index contributed by atoms with van der Waals surface area (Å²) in [6.45, 7) is 1.15. The third-order valence-corrected chi connectivity index (χ3v) is 5.95. The first-order valence-corrected chi connectivity index (χ1v) is 12.1. The maximum Gasteiger partial charge on any atom is 0.490 e. The highest BCUT2D eigenvalue weighted by Gasteiger charge is 2.40. The van der Waals surface area contributed by atoms with E-state index in [9.17, 15) is 31.1 Å². The van der Waals surface area contributed by atoms with Crippen molar-refractivity contribution in [1.82, 2.24) is 15.3 Å². The molecule has 2 fully saturated rings. The SMILES string of the molecule is O=C(Nc1ccc2nccnc2c1)c1cccc([C@@H]2C[C@H]2NCC2CC2)c1.O=C(O)C(F)(F)F.O=C(O)C(F)(F)F. The monoisotopic (exact) mass is 586 g/mol. The average Bonchev–Trinajstić information content (AvgIpc) is 3.83. The fourth-order valence-electron chi connectivity index (χ4n) is 3.58. The number of anilines is 1. The molecule has 15 heteroatoms. The van der Waals surface area contributed by atoms with Crippen LogP contribution in [0.5, 0.6) is 0 Å². The van der Waals surface area contributed by atoms with E-state index in [1.165, 1.54) is 24.8 Å². The van der Waals surface area contributed by atoms with E-state index in [1.54, 1.807) is 12.4 Å². The second-order valence-electron chi connectivity index (χ2n) is 9.25. The summed E-state index contributed by atoms with van der Waals surface area (Å²) in [4.78, 5) is 39.0. The lowest BCUT2D eigenvalue weighted by molar-refractivity contribution is -0.193. The number of carboxylic acid groups (broad SMARTS) is 2. The van der Waals surface area contributed by atoms with Gasteiger partial charge in [-0.15, -0.1) is 0 Å². The predicted molar refractivity (Wildman–Crippen MR) is 133 cm³/mol. The van der Waals surface area contributed by atoms with Crippen LogP contribution in [-0.4, -0.2) is 63.0 Å². The van der Waals surface area contributed by atoms with E-state index in [0.717, 1.165) is 29.2 Å². The summed E-state index contributed by atoms with van der Waals surface area (Å²) in [5.74, 6) is -4.18. The quantitative estimate of drug-likeness (QED) is 0.296. The predicted octanol–water partition coefficient (Wildman–Crippen LogP) is 5.00. The molecule has 1 aromatic heterocycles. The van der Waals surface area contributed by atoms with Crippen LogP contribution >= 0.6 is 0 Å². The molecule has 0 saturated heterocycles. The van der Waals surface area contributed by atoms with Gasteiger partial charge in [-0.25, -0.2) is 9.59 Å². The van der Waals surface area contributed by atoms with Crippen molar-refractivity contribution >= 4 is 34.6 Å². The molecule has 0 unspecified atom stereocenters. The Morgan fingerprint density at radius 2 is 1.44 bits per heavy atom. The average molecular weight is 586 g/mol. The molecule has 0 spiro atoms. The number of carbonyl (C=O) groups is 3. The molecule has 41 heavy (non-hydrogen) atoms. The van der Waals surface area contributed by atoms with Gasteiger partial charge in [-0.1, -0.05) is 12.1 Å². The molecule has 2 atom stereocenters. The third kappa shape index (κ3) is 10.0. The topological polar surface area (TPSA) is 142 Å². The van der Waals surface area contributed by atoms with Crippen molar-refractivity contribution in [3.63, 3.8) is 0 Å². The molecule has 1 heterocycles. The number of nitrogens with one attached hydrogen (secondary N) is 2. The number of carbonyl (C=O) groups excluding carboxylic acids is 1. The van der Waals surface area contributed by atoms with Crippen LogP contribution in [0, 0.1) is 5.92 Å². The number of fused-ring (bicyclic) bond motifs is 1. The highest BCUT2D eigenvalue weighted by molar-refractivity contribution is 6.05. The molecule has 5 rings (SSSR count). The van der Waals surface area contributed by atoms with E-state index < -0.39 is 24.3 Å². The molecule has 9 nitrogen and oxygen atoms in total. The first kappa shape index (κ1) is 31.3. The molecule has 0 bridgehead atoms. The van der Waals surface area contributed by atoms with Crippen LogP contribution in [0.25, 0.3) is 11.0 Å². The van der Waals surface area contributed by atoms with Crippen molar-refractivity contribution in [2.24, 2.45) is 5.92 Å². The number of alkyl halides is 6. The lowest BCUT2D eigenvalue weighted by Gasteiger charge is -2.08. The van der Waals surface area contributed by atoms with Gasteiger partial charge in [-0.05, 0) is 67.6 Å². The summed E-state index contributed by atoms with van der Waals surface area (Å²) in [6.07, 6.45) is -2.93. The second kappa shape index (κ2) is 12.9. The number of carboxylic acids is 2. The van der Waals surface area contributed by atoms with Crippen molar-refractivity contribution in [3.8, 4) is 0 Å². The number of nitrogens with zero attached hydrogens (tertiary/aromatic N) is 2. The van der Waals surface area contributed by atoms with Crippen molar-refractivity contribution in [2.75, 3.05) is 11.9 Å². The zero-order chi connectivity index (χ0) is 30.4. The van der Waals surface area contributed by atoms with Gasteiger partial charge in [0.15, 0.2) is 0 Å². The molecular weight excluding hydrogens is 562 g/mol. The Morgan fingerprint density at radius 1 is 0.854 bits per heavy atom. The number of rotatable bonds is 6. The summed E-state index contributed by atoms with van der Waals surface area (Å²) in [7, 11) is 0. The largest absolute Gasteiger partial charge is 0.490 e. The molecule has 2 aromatic carbocycles. The number of halogens is 6. The highest BCUT2D eigenvalue weighted by atomic mass is 19.4. The Hall–Kier alpha value is -4.27. The number of hydrogen-bond acceptors (Lipinski definition) is 6. The van der Waals surface area contributed by atoms with Crippen molar-refractivity contribution < 1.29 is 50.9 Å². The standard InChI is InChI=1S/C22H22N4O.2C2HF3O2/c27-22(26-17-6-7-19-21(11-17)24-9-8-23-19)16-3-1-2-15(10-16)18-12-20(18)25-13-14-4-5-14;2*3-2(4,5)1(6)7/h1-3,6-11,14,18,20,25H,4-5,12-13H2,(H,26,27);2*(H,6,7)/t18-,20+;;/m0../s1. The van der Waals surface area contributed by atoms with Crippen LogP contribution in [0.1, 0.15) is 41.1 Å². The lowest BCUT2D eigenvalue weighted by Crippen LogP contribution is -2.21. The van der Waals surface area contributed by atoms with Crippen LogP contribution in [0.3, 0.4) is 0 Å². The minimum Gasteiger partial charge on any atom is -0.475 e. The Kier molecular flexibility index (Phi) is 9.86. The van der Waals surface area contributed by atoms with E-state index in [4.69, 9.17) is 19.8 Å². The maximum absolute atomic E-state index is 12.7. The first-order chi connectivity index (χ1) is 19.1. The summed E-state index contributed by atoms with van der Waals surface area (Å²) >= 11 is 0. The van der Waals surface area contributed by atoms with E-state index in [2.05, 4.69) is 26.7 Å². The lowest BCUT2D eigenvalue weighted by atomic mass is 10.1. The van der Waals surface area contributed by atoms with Gasteiger partial charge in [-0.3, -0.25) is 14.8 Å². The molecule has 3 aromatic rings. The van der Waals surface area contributed by atoms with Crippen LogP contribution in [0.4, 0.5) is 32.0 Å². The fourth-order valence-corrected chi connectivity index (χ4v) is 3.58. The van der Waals surface area contributed by atoms with Gasteiger partial charge in [-0.2, -0.15) is 26.3 Å². The maximum atomic E-state index is 12.7. The molecule has 2 saturated carbocycles. The number of hydrogen-bond donors (Lipinski definition) is 4. The van der Waals surface area contributed by atoms with Gasteiger partial charge in [0.2, 0.25) is 0 Å². The third-order valence-electron chi connectivity index (χ3n) is 5.95. The number of aliphatic carboxylic acids is 2. The summed E-state index contributed by atoms with van der Waals surface area (Å²) in [6, 6.07) is 14.2. The molecule has 220 valence electrons. The minimum absolute atomic E-state index is 0.0942. The molecular formula is C26H24F6N4O5. The smallest absolute Gasteiger partial charge is 0.475 e. The highest BCUT2D eigenvalue weighted by Crippen LogP contribution is 2.42. The fraction of sp³-hybridized carbons (Fsp3) is 0.346. The molecule has 4 N–H and O–H groups in total.